The van der Waals surface area contributed by atoms with E-state index in [0.29, 0.717) is 0 Å². The van der Waals surface area contributed by atoms with Crippen LogP contribution in [0.5, 0.6) is 0 Å². The third-order valence-corrected chi connectivity index (χ3v) is 25.3. The van der Waals surface area contributed by atoms with Crippen molar-refractivity contribution in [2.45, 2.75) is 149 Å². The van der Waals surface area contributed by atoms with Crippen molar-refractivity contribution in [2.75, 3.05) is 0 Å². The molecule has 0 N–H and O–H groups in total. The molecule has 0 fully saturated rings. The van der Waals surface area contributed by atoms with Gasteiger partial charge < -0.3 is 0 Å². The van der Waals surface area contributed by atoms with Crippen LogP contribution in [-0.2, 0) is 0 Å². The molecule has 0 saturated carbocycles. The summed E-state index contributed by atoms with van der Waals surface area (Å²) in [5, 5.41) is 1.99. The van der Waals surface area contributed by atoms with E-state index in [0.717, 1.165) is 0 Å². The molecule has 0 aliphatic rings. The Labute approximate surface area is 185 Å². The predicted octanol–water partition coefficient (Wildman–Crippen LogP) is 10.4. The van der Waals surface area contributed by atoms with Crippen LogP contribution in [0.1, 0.15) is 111 Å². The summed E-state index contributed by atoms with van der Waals surface area (Å²) in [4.78, 5) is 0. The van der Waals surface area contributed by atoms with Crippen LogP contribution in [0.2, 0.25) is 37.4 Å². The molecule has 0 aliphatic heterocycles. The molecule has 0 aromatic rings. The standard InChI is InChI=1S/C14H29Si.3C4H9.Sn/c1-6-7-8-9-10-11-12-13-14(2)15(3,4)5;3*1-3-4-2;/h13H,2,6-12H2,1,3-5H3;3*1,3-4H2,2H3;/b14-13+;;;;. The maximum absolute atomic E-state index is 2.78. The maximum atomic E-state index is 2.78. The first-order valence-corrected chi connectivity index (χ1v) is 24.6. The third kappa shape index (κ3) is 13.9. The van der Waals surface area contributed by atoms with E-state index < -0.39 is 26.5 Å². The van der Waals surface area contributed by atoms with Crippen molar-refractivity contribution in [3.8, 4) is 0 Å². The molecule has 0 atom stereocenters. The van der Waals surface area contributed by atoms with Crippen molar-refractivity contribution in [2.24, 2.45) is 0 Å². The van der Waals surface area contributed by atoms with E-state index in [1.165, 1.54) is 83.5 Å². The first-order chi connectivity index (χ1) is 13.3. The van der Waals surface area contributed by atoms with Gasteiger partial charge in [-0.1, -0.05) is 0 Å². The van der Waals surface area contributed by atoms with Gasteiger partial charge in [0, 0.05) is 0 Å². The molecular formula is C26H56SiSn. The van der Waals surface area contributed by atoms with Gasteiger partial charge in [0.25, 0.3) is 0 Å². The van der Waals surface area contributed by atoms with Crippen molar-refractivity contribution in [1.82, 2.24) is 0 Å². The van der Waals surface area contributed by atoms with Gasteiger partial charge in [0.2, 0.25) is 0 Å². The molecule has 0 aromatic carbocycles. The number of allylic oxidation sites excluding steroid dienone is 2. The summed E-state index contributed by atoms with van der Waals surface area (Å²) < 4.78 is 6.64. The van der Waals surface area contributed by atoms with Gasteiger partial charge in [0.1, 0.15) is 0 Å². The molecular weight excluding hydrogens is 459 g/mol. The Hall–Kier alpha value is 0.756. The molecule has 0 amide bonds. The van der Waals surface area contributed by atoms with Gasteiger partial charge in [-0.2, -0.15) is 0 Å². The molecule has 0 spiro atoms. The molecule has 0 rings (SSSR count). The van der Waals surface area contributed by atoms with Crippen molar-refractivity contribution in [3.63, 3.8) is 0 Å². The Morgan fingerprint density at radius 1 is 0.607 bits per heavy atom. The molecule has 0 heterocycles. The first-order valence-electron chi connectivity index (χ1n) is 13.0. The van der Waals surface area contributed by atoms with E-state index in [-0.39, 0.29) is 0 Å². The molecule has 0 nitrogen and oxygen atoms in total. The van der Waals surface area contributed by atoms with E-state index in [2.05, 4.69) is 53.4 Å². The monoisotopic (exact) mass is 516 g/mol. The fourth-order valence-corrected chi connectivity index (χ4v) is 28.7. The molecule has 0 bridgehead atoms. The molecule has 28 heavy (non-hydrogen) atoms. The van der Waals surface area contributed by atoms with Crippen molar-refractivity contribution in [3.05, 3.63) is 11.3 Å². The summed E-state index contributed by atoms with van der Waals surface area (Å²) in [6.07, 6.45) is 21.5. The van der Waals surface area contributed by atoms with Gasteiger partial charge in [-0.25, -0.2) is 0 Å². The number of hydrogen-bond acceptors (Lipinski definition) is 0. The number of rotatable bonds is 19. The van der Waals surface area contributed by atoms with E-state index >= 15 is 0 Å². The Kier molecular flexibility index (Phi) is 17.9. The molecule has 0 unspecified atom stereocenters. The van der Waals surface area contributed by atoms with Gasteiger partial charge in [0.05, 0.1) is 0 Å². The minimum atomic E-state index is -2.04. The van der Waals surface area contributed by atoms with E-state index in [9.17, 15) is 0 Å². The zero-order chi connectivity index (χ0) is 21.3. The minimum absolute atomic E-state index is 1.18. The van der Waals surface area contributed by atoms with E-state index in [1.54, 1.807) is 17.7 Å². The second-order valence-corrected chi connectivity index (χ2v) is 29.5. The Morgan fingerprint density at radius 3 is 1.46 bits per heavy atom. The average molecular weight is 516 g/mol. The Bertz CT molecular complexity index is 359. The van der Waals surface area contributed by atoms with Gasteiger partial charge in [-0.15, -0.1) is 0 Å². The molecule has 0 aromatic heterocycles. The molecule has 0 radical (unpaired) electrons. The summed E-state index contributed by atoms with van der Waals surface area (Å²) in [6, 6.07) is 0. The molecule has 0 aliphatic carbocycles. The SMILES string of the molecule is CCCCCCCC/C=C(\[CH2][Sn]([CH2]CCC)([CH2]CCC)[CH2]CCC)[Si](C)(C)C. The van der Waals surface area contributed by atoms with Crippen LogP contribution < -0.4 is 0 Å². The Morgan fingerprint density at radius 2 is 1.04 bits per heavy atom. The van der Waals surface area contributed by atoms with Crippen LogP contribution in [0.3, 0.4) is 0 Å². The molecule has 2 heteroatoms. The molecule has 0 saturated heterocycles. The van der Waals surface area contributed by atoms with Crippen LogP contribution in [-0.4, -0.2) is 26.5 Å². The van der Waals surface area contributed by atoms with E-state index in [1.807, 2.05) is 5.20 Å². The predicted molar refractivity (Wildman–Crippen MR) is 139 cm³/mol. The second kappa shape index (κ2) is 17.4. The average Bonchev–Trinajstić information content (AvgIpc) is 2.66. The summed E-state index contributed by atoms with van der Waals surface area (Å²) >= 11 is -2.04. The Balaban J connectivity index is 5.14. The quantitative estimate of drug-likeness (QED) is 0.119. The molecule has 168 valence electrons. The van der Waals surface area contributed by atoms with Crippen LogP contribution in [0.25, 0.3) is 0 Å². The van der Waals surface area contributed by atoms with Crippen LogP contribution in [0.15, 0.2) is 11.3 Å². The fraction of sp³-hybridized carbons (Fsp3) is 0.923. The van der Waals surface area contributed by atoms with Crippen LogP contribution in [0.4, 0.5) is 0 Å². The first kappa shape index (κ1) is 28.8. The van der Waals surface area contributed by atoms with Gasteiger partial charge >= 0.3 is 186 Å². The van der Waals surface area contributed by atoms with E-state index in [4.69, 9.17) is 0 Å². The second-order valence-electron chi connectivity index (χ2n) is 10.5. The number of hydrogen-bond donors (Lipinski definition) is 0. The third-order valence-electron chi connectivity index (χ3n) is 6.66. The van der Waals surface area contributed by atoms with Gasteiger partial charge in [-0.05, 0) is 0 Å². The summed E-state index contributed by atoms with van der Waals surface area (Å²) in [5.41, 5.74) is 0. The zero-order valence-electron chi connectivity index (χ0n) is 21.1. The normalized spacial score (nSPS) is 13.3. The summed E-state index contributed by atoms with van der Waals surface area (Å²) in [6.45, 7) is 17.4. The van der Waals surface area contributed by atoms with Crippen LogP contribution in [0, 0.1) is 0 Å². The summed E-state index contributed by atoms with van der Waals surface area (Å²) in [5.74, 6) is 0. The van der Waals surface area contributed by atoms with Gasteiger partial charge in [-0.3, -0.25) is 0 Å². The van der Waals surface area contributed by atoms with Crippen LogP contribution >= 0.6 is 0 Å². The topological polar surface area (TPSA) is 0 Å². The van der Waals surface area contributed by atoms with Crippen molar-refractivity contribution in [1.29, 1.82) is 0 Å². The fourth-order valence-electron chi connectivity index (χ4n) is 4.54. The number of unbranched alkanes of at least 4 members (excludes halogenated alkanes) is 9. The van der Waals surface area contributed by atoms with Crippen molar-refractivity contribution >= 4 is 26.5 Å². The zero-order valence-corrected chi connectivity index (χ0v) is 25.0. The summed E-state index contributed by atoms with van der Waals surface area (Å²) in [7, 11) is -1.18. The van der Waals surface area contributed by atoms with Gasteiger partial charge in [0.15, 0.2) is 0 Å². The van der Waals surface area contributed by atoms with Crippen molar-refractivity contribution < 1.29 is 0 Å².